The molecule has 1 aromatic rings. The Morgan fingerprint density at radius 2 is 1.95 bits per heavy atom. The van der Waals surface area contributed by atoms with Gasteiger partial charge in [0.1, 0.15) is 19.0 Å². The fourth-order valence-corrected chi connectivity index (χ4v) is 1.32. The molecular weight excluding hydrogens is 271 g/mol. The average Bonchev–Trinajstić information content (AvgIpc) is 2.32. The lowest BCUT2D eigenvalue weighted by Gasteiger charge is -2.09. The van der Waals surface area contributed by atoms with Gasteiger partial charge >= 0.3 is 5.97 Å². The monoisotopic (exact) mass is 284 g/mol. The lowest BCUT2D eigenvalue weighted by Crippen LogP contribution is -2.21. The number of halogens is 1. The fourth-order valence-electron chi connectivity index (χ4n) is 1.32. The summed E-state index contributed by atoms with van der Waals surface area (Å²) in [6.45, 7) is 0.152. The van der Waals surface area contributed by atoms with Crippen LogP contribution in [0, 0.1) is 5.82 Å². The molecule has 0 aliphatic heterocycles. The number of hydrogen-bond donors (Lipinski definition) is 3. The number of benzene rings is 1. The first-order chi connectivity index (χ1) is 9.38. The normalized spacial score (nSPS) is 9.90. The van der Waals surface area contributed by atoms with Crippen molar-refractivity contribution in [1.82, 2.24) is 0 Å². The summed E-state index contributed by atoms with van der Waals surface area (Å²) < 4.78 is 18.0. The van der Waals surface area contributed by atoms with Crippen LogP contribution in [0.1, 0.15) is 6.92 Å². The maximum Gasteiger partial charge on any atom is 0.329 e. The number of amides is 2. The molecule has 20 heavy (non-hydrogen) atoms. The zero-order valence-corrected chi connectivity index (χ0v) is 10.6. The van der Waals surface area contributed by atoms with Crippen LogP contribution in [0.5, 0.6) is 0 Å². The quantitative estimate of drug-likeness (QED) is 0.717. The second-order valence-corrected chi connectivity index (χ2v) is 3.81. The molecule has 0 saturated heterocycles. The van der Waals surface area contributed by atoms with Gasteiger partial charge < -0.3 is 20.5 Å². The van der Waals surface area contributed by atoms with E-state index in [-0.39, 0.29) is 11.6 Å². The standard InChI is InChI=1S/C12H13FN2O5/c1-7(16)14-8-2-3-9(13)10(4-8)15-11(17)5-20-6-12(18)19/h2-4H,5-6H2,1H3,(H,14,16)(H,15,17)(H,18,19). The predicted octanol–water partition coefficient (Wildman–Crippen LogP) is 0.824. The Bertz CT molecular complexity index is 533. The van der Waals surface area contributed by atoms with Gasteiger partial charge in [-0.15, -0.1) is 0 Å². The van der Waals surface area contributed by atoms with E-state index in [0.717, 1.165) is 6.07 Å². The Balaban J connectivity index is 2.63. The van der Waals surface area contributed by atoms with E-state index in [2.05, 4.69) is 15.4 Å². The molecule has 0 aliphatic carbocycles. The molecule has 8 heteroatoms. The Hall–Kier alpha value is -2.48. The van der Waals surface area contributed by atoms with Crippen LogP contribution in [0.15, 0.2) is 18.2 Å². The van der Waals surface area contributed by atoms with Gasteiger partial charge in [-0.1, -0.05) is 0 Å². The van der Waals surface area contributed by atoms with Gasteiger partial charge in [-0.25, -0.2) is 9.18 Å². The van der Waals surface area contributed by atoms with Gasteiger partial charge in [-0.3, -0.25) is 9.59 Å². The molecule has 0 radical (unpaired) electrons. The molecule has 0 aromatic heterocycles. The molecule has 0 bridgehead atoms. The van der Waals surface area contributed by atoms with E-state index in [9.17, 15) is 18.8 Å². The topological polar surface area (TPSA) is 105 Å². The van der Waals surface area contributed by atoms with E-state index in [1.807, 2.05) is 0 Å². The summed E-state index contributed by atoms with van der Waals surface area (Å²) >= 11 is 0. The van der Waals surface area contributed by atoms with Gasteiger partial charge in [0.2, 0.25) is 11.8 Å². The van der Waals surface area contributed by atoms with Crippen molar-refractivity contribution in [3.05, 3.63) is 24.0 Å². The van der Waals surface area contributed by atoms with E-state index >= 15 is 0 Å². The van der Waals surface area contributed by atoms with Crippen molar-refractivity contribution in [2.24, 2.45) is 0 Å². The highest BCUT2D eigenvalue weighted by atomic mass is 19.1. The van der Waals surface area contributed by atoms with Gasteiger partial charge in [0, 0.05) is 12.6 Å². The summed E-state index contributed by atoms with van der Waals surface area (Å²) in [7, 11) is 0. The van der Waals surface area contributed by atoms with Crippen LogP contribution in [0.4, 0.5) is 15.8 Å². The van der Waals surface area contributed by atoms with Crippen molar-refractivity contribution < 1.29 is 28.6 Å². The number of aliphatic carboxylic acids is 1. The van der Waals surface area contributed by atoms with Gasteiger partial charge in [0.25, 0.3) is 0 Å². The fraction of sp³-hybridized carbons (Fsp3) is 0.250. The summed E-state index contributed by atoms with van der Waals surface area (Å²) in [5.41, 5.74) is 0.181. The maximum atomic E-state index is 13.5. The van der Waals surface area contributed by atoms with Crippen molar-refractivity contribution >= 4 is 29.2 Å². The molecule has 0 spiro atoms. The van der Waals surface area contributed by atoms with Crippen molar-refractivity contribution in [1.29, 1.82) is 0 Å². The first-order valence-corrected chi connectivity index (χ1v) is 5.55. The maximum absolute atomic E-state index is 13.5. The largest absolute Gasteiger partial charge is 0.480 e. The molecule has 0 unspecified atom stereocenters. The van der Waals surface area contributed by atoms with E-state index in [1.165, 1.54) is 19.1 Å². The number of carbonyl (C=O) groups excluding carboxylic acids is 2. The number of ether oxygens (including phenoxy) is 1. The smallest absolute Gasteiger partial charge is 0.329 e. The third-order valence-electron chi connectivity index (χ3n) is 2.02. The lowest BCUT2D eigenvalue weighted by molar-refractivity contribution is -0.143. The average molecular weight is 284 g/mol. The third-order valence-corrected chi connectivity index (χ3v) is 2.02. The van der Waals surface area contributed by atoms with E-state index in [1.54, 1.807) is 0 Å². The number of nitrogens with one attached hydrogen (secondary N) is 2. The van der Waals surface area contributed by atoms with Crippen LogP contribution in [-0.4, -0.2) is 36.1 Å². The summed E-state index contributed by atoms with van der Waals surface area (Å²) in [5, 5.41) is 13.0. The Morgan fingerprint density at radius 3 is 2.55 bits per heavy atom. The first kappa shape index (κ1) is 15.6. The molecule has 2 amide bonds. The van der Waals surface area contributed by atoms with Crippen LogP contribution < -0.4 is 10.6 Å². The molecule has 1 rings (SSSR count). The number of rotatable bonds is 6. The SMILES string of the molecule is CC(=O)Nc1ccc(F)c(NC(=O)COCC(=O)O)c1. The van der Waals surface area contributed by atoms with E-state index in [4.69, 9.17) is 5.11 Å². The van der Waals surface area contributed by atoms with E-state index < -0.39 is 30.9 Å². The highest BCUT2D eigenvalue weighted by Gasteiger charge is 2.09. The molecule has 108 valence electrons. The molecule has 0 saturated carbocycles. The Labute approximate surface area is 113 Å². The van der Waals surface area contributed by atoms with Gasteiger partial charge in [-0.05, 0) is 18.2 Å². The predicted molar refractivity (Wildman–Crippen MR) is 67.8 cm³/mol. The molecule has 7 nitrogen and oxygen atoms in total. The second-order valence-electron chi connectivity index (χ2n) is 3.81. The van der Waals surface area contributed by atoms with E-state index in [0.29, 0.717) is 5.69 Å². The van der Waals surface area contributed by atoms with Crippen LogP contribution >= 0.6 is 0 Å². The van der Waals surface area contributed by atoms with Crippen molar-refractivity contribution in [3.8, 4) is 0 Å². The number of hydrogen-bond acceptors (Lipinski definition) is 4. The molecule has 0 fully saturated rings. The number of anilines is 2. The molecular formula is C12H13FN2O5. The molecule has 3 N–H and O–H groups in total. The number of carboxylic acid groups (broad SMARTS) is 1. The minimum Gasteiger partial charge on any atom is -0.480 e. The van der Waals surface area contributed by atoms with Gasteiger partial charge in [-0.2, -0.15) is 0 Å². The second kappa shape index (κ2) is 7.19. The zero-order chi connectivity index (χ0) is 15.1. The highest BCUT2D eigenvalue weighted by molar-refractivity contribution is 5.94. The van der Waals surface area contributed by atoms with Crippen LogP contribution in [0.3, 0.4) is 0 Å². The molecule has 0 aliphatic rings. The van der Waals surface area contributed by atoms with Crippen LogP contribution in [0.2, 0.25) is 0 Å². The molecule has 0 heterocycles. The summed E-state index contributed by atoms with van der Waals surface area (Å²) in [5.74, 6) is -2.94. The number of carboxylic acids is 1. The minimum absolute atomic E-state index is 0.139. The third kappa shape index (κ3) is 5.44. The molecule has 0 atom stereocenters. The van der Waals surface area contributed by atoms with Gasteiger partial charge in [0.05, 0.1) is 5.69 Å². The highest BCUT2D eigenvalue weighted by Crippen LogP contribution is 2.19. The minimum atomic E-state index is -1.21. The first-order valence-electron chi connectivity index (χ1n) is 5.55. The summed E-state index contributed by atoms with van der Waals surface area (Å²) in [6, 6.07) is 3.66. The summed E-state index contributed by atoms with van der Waals surface area (Å²) in [6.07, 6.45) is 0. The van der Waals surface area contributed by atoms with Crippen molar-refractivity contribution in [3.63, 3.8) is 0 Å². The van der Waals surface area contributed by atoms with Gasteiger partial charge in [0.15, 0.2) is 0 Å². The Kier molecular flexibility index (Phi) is 5.60. The Morgan fingerprint density at radius 1 is 1.25 bits per heavy atom. The van der Waals surface area contributed by atoms with Crippen molar-refractivity contribution in [2.75, 3.05) is 23.8 Å². The van der Waals surface area contributed by atoms with Crippen LogP contribution in [0.25, 0.3) is 0 Å². The lowest BCUT2D eigenvalue weighted by atomic mass is 10.2. The number of carbonyl (C=O) groups is 3. The molecule has 1 aromatic carbocycles. The zero-order valence-electron chi connectivity index (χ0n) is 10.6. The van der Waals surface area contributed by atoms with Crippen LogP contribution in [-0.2, 0) is 19.1 Å². The summed E-state index contributed by atoms with van der Waals surface area (Å²) in [4.78, 5) is 32.4. The van der Waals surface area contributed by atoms with Crippen molar-refractivity contribution in [2.45, 2.75) is 6.92 Å².